The van der Waals surface area contributed by atoms with E-state index in [1.807, 2.05) is 24.3 Å². The predicted octanol–water partition coefficient (Wildman–Crippen LogP) is 3.11. The molecule has 1 fully saturated rings. The van der Waals surface area contributed by atoms with Crippen LogP contribution in [-0.2, 0) is 10.0 Å². The molecule has 0 aromatic heterocycles. The number of sulfonamides is 1. The third kappa shape index (κ3) is 3.73. The second-order valence-electron chi connectivity index (χ2n) is 4.83. The maximum Gasteiger partial charge on any atom is 0.229 e. The van der Waals surface area contributed by atoms with Crippen molar-refractivity contribution in [1.29, 1.82) is 0 Å². The van der Waals surface area contributed by atoms with Gasteiger partial charge in [0.2, 0.25) is 10.0 Å². The number of anilines is 1. The van der Waals surface area contributed by atoms with Crippen LogP contribution in [0, 0.1) is 0 Å². The molecule has 17 heavy (non-hydrogen) atoms. The molecule has 0 radical (unpaired) electrons. The number of rotatable bonds is 3. The molecule has 0 bridgehead atoms. The summed E-state index contributed by atoms with van der Waals surface area (Å²) in [5.74, 6) is 0.663. The summed E-state index contributed by atoms with van der Waals surface area (Å²) in [6, 6.07) is 7.79. The van der Waals surface area contributed by atoms with E-state index >= 15 is 0 Å². The lowest BCUT2D eigenvalue weighted by Gasteiger charge is -2.22. The van der Waals surface area contributed by atoms with Gasteiger partial charge in [-0.05, 0) is 36.5 Å². The first kappa shape index (κ1) is 12.4. The molecule has 1 aliphatic rings. The maximum atomic E-state index is 11.1. The fourth-order valence-corrected chi connectivity index (χ4v) is 3.04. The summed E-state index contributed by atoms with van der Waals surface area (Å²) in [6.07, 6.45) is 7.67. The highest BCUT2D eigenvalue weighted by molar-refractivity contribution is 7.92. The van der Waals surface area contributed by atoms with Crippen molar-refractivity contribution in [3.63, 3.8) is 0 Å². The maximum absolute atomic E-state index is 11.1. The van der Waals surface area contributed by atoms with E-state index in [1.54, 1.807) is 0 Å². The minimum atomic E-state index is -3.16. The van der Waals surface area contributed by atoms with Crippen LogP contribution < -0.4 is 4.72 Å². The zero-order valence-electron chi connectivity index (χ0n) is 10.1. The van der Waals surface area contributed by atoms with Crippen molar-refractivity contribution < 1.29 is 8.42 Å². The molecule has 0 saturated heterocycles. The average Bonchev–Trinajstić information content (AvgIpc) is 2.29. The van der Waals surface area contributed by atoms with Gasteiger partial charge in [0, 0.05) is 5.69 Å². The summed E-state index contributed by atoms with van der Waals surface area (Å²) >= 11 is 0. The molecule has 3 nitrogen and oxygen atoms in total. The summed E-state index contributed by atoms with van der Waals surface area (Å²) in [4.78, 5) is 0. The molecule has 0 amide bonds. The smallest absolute Gasteiger partial charge is 0.229 e. The Morgan fingerprint density at radius 3 is 2.18 bits per heavy atom. The molecule has 94 valence electrons. The van der Waals surface area contributed by atoms with Gasteiger partial charge in [-0.15, -0.1) is 0 Å². The molecule has 1 aliphatic carbocycles. The van der Waals surface area contributed by atoms with Crippen molar-refractivity contribution in [2.45, 2.75) is 38.0 Å². The Morgan fingerprint density at radius 2 is 1.65 bits per heavy atom. The van der Waals surface area contributed by atoms with E-state index in [0.29, 0.717) is 11.6 Å². The van der Waals surface area contributed by atoms with Gasteiger partial charge in [-0.2, -0.15) is 0 Å². The second kappa shape index (κ2) is 5.08. The van der Waals surface area contributed by atoms with Gasteiger partial charge in [0.15, 0.2) is 0 Å². The molecular weight excluding hydrogens is 234 g/mol. The van der Waals surface area contributed by atoms with E-state index in [0.717, 1.165) is 0 Å². The topological polar surface area (TPSA) is 46.2 Å². The first-order valence-corrected chi connectivity index (χ1v) is 8.01. The molecular formula is C13H19NO2S. The fourth-order valence-electron chi connectivity index (χ4n) is 2.47. The van der Waals surface area contributed by atoms with Crippen LogP contribution in [0.1, 0.15) is 43.6 Å². The number of benzene rings is 1. The fraction of sp³-hybridized carbons (Fsp3) is 0.538. The average molecular weight is 253 g/mol. The normalized spacial score (nSPS) is 17.9. The summed E-state index contributed by atoms with van der Waals surface area (Å²) in [7, 11) is -3.16. The van der Waals surface area contributed by atoms with E-state index < -0.39 is 10.0 Å². The quantitative estimate of drug-likeness (QED) is 0.899. The van der Waals surface area contributed by atoms with E-state index in [2.05, 4.69) is 4.72 Å². The Morgan fingerprint density at radius 1 is 1.06 bits per heavy atom. The highest BCUT2D eigenvalue weighted by Gasteiger charge is 2.15. The largest absolute Gasteiger partial charge is 0.284 e. The van der Waals surface area contributed by atoms with Gasteiger partial charge in [0.25, 0.3) is 0 Å². The van der Waals surface area contributed by atoms with Gasteiger partial charge < -0.3 is 0 Å². The number of hydrogen-bond acceptors (Lipinski definition) is 2. The molecule has 0 aliphatic heterocycles. The van der Waals surface area contributed by atoms with Gasteiger partial charge in [0.05, 0.1) is 6.26 Å². The van der Waals surface area contributed by atoms with Crippen LogP contribution in [0.2, 0.25) is 0 Å². The molecule has 4 heteroatoms. The van der Waals surface area contributed by atoms with Crippen LogP contribution in [-0.4, -0.2) is 14.7 Å². The molecule has 0 heterocycles. The van der Waals surface area contributed by atoms with E-state index in [-0.39, 0.29) is 0 Å². The van der Waals surface area contributed by atoms with Crippen LogP contribution in [0.5, 0.6) is 0 Å². The molecule has 0 unspecified atom stereocenters. The van der Waals surface area contributed by atoms with Crippen molar-refractivity contribution in [3.8, 4) is 0 Å². The van der Waals surface area contributed by atoms with Crippen LogP contribution in [0.3, 0.4) is 0 Å². The molecule has 1 aromatic carbocycles. The summed E-state index contributed by atoms with van der Waals surface area (Å²) < 4.78 is 24.6. The highest BCUT2D eigenvalue weighted by Crippen LogP contribution is 2.32. The van der Waals surface area contributed by atoms with Gasteiger partial charge in [-0.25, -0.2) is 8.42 Å². The van der Waals surface area contributed by atoms with Gasteiger partial charge >= 0.3 is 0 Å². The predicted molar refractivity (Wildman–Crippen MR) is 70.7 cm³/mol. The summed E-state index contributed by atoms with van der Waals surface area (Å²) in [6.45, 7) is 0. The third-order valence-electron chi connectivity index (χ3n) is 3.29. The lowest BCUT2D eigenvalue weighted by molar-refractivity contribution is 0.443. The van der Waals surface area contributed by atoms with Gasteiger partial charge in [-0.3, -0.25) is 4.72 Å². The van der Waals surface area contributed by atoms with E-state index in [9.17, 15) is 8.42 Å². The number of hydrogen-bond donors (Lipinski definition) is 1. The third-order valence-corrected chi connectivity index (χ3v) is 3.90. The molecule has 1 aromatic rings. The molecule has 0 atom stereocenters. The van der Waals surface area contributed by atoms with Crippen molar-refractivity contribution in [3.05, 3.63) is 29.8 Å². The van der Waals surface area contributed by atoms with Gasteiger partial charge in [0.1, 0.15) is 0 Å². The minimum absolute atomic E-state index is 0.645. The first-order chi connectivity index (χ1) is 8.04. The van der Waals surface area contributed by atoms with Crippen LogP contribution in [0.15, 0.2) is 24.3 Å². The van der Waals surface area contributed by atoms with E-state index in [4.69, 9.17) is 0 Å². The lowest BCUT2D eigenvalue weighted by atomic mass is 9.84. The zero-order chi connectivity index (χ0) is 12.3. The zero-order valence-corrected chi connectivity index (χ0v) is 11.0. The molecule has 2 rings (SSSR count). The van der Waals surface area contributed by atoms with Crippen LogP contribution >= 0.6 is 0 Å². The molecule has 1 saturated carbocycles. The minimum Gasteiger partial charge on any atom is -0.284 e. The Kier molecular flexibility index (Phi) is 3.72. The SMILES string of the molecule is CS(=O)(=O)Nc1ccc(C2CCCCC2)cc1. The van der Waals surface area contributed by atoms with Crippen molar-refractivity contribution in [2.75, 3.05) is 11.0 Å². The Balaban J connectivity index is 2.07. The first-order valence-electron chi connectivity index (χ1n) is 6.12. The standard InChI is InChI=1S/C13H19NO2S/c1-17(15,16)14-13-9-7-12(8-10-13)11-5-3-2-4-6-11/h7-11,14H,2-6H2,1H3. The van der Waals surface area contributed by atoms with Crippen molar-refractivity contribution in [2.24, 2.45) is 0 Å². The summed E-state index contributed by atoms with van der Waals surface area (Å²) in [5, 5.41) is 0. The molecule has 1 N–H and O–H groups in total. The highest BCUT2D eigenvalue weighted by atomic mass is 32.2. The molecule has 0 spiro atoms. The van der Waals surface area contributed by atoms with Crippen molar-refractivity contribution >= 4 is 15.7 Å². The Bertz CT molecular complexity index is 459. The lowest BCUT2D eigenvalue weighted by Crippen LogP contribution is -2.10. The monoisotopic (exact) mass is 253 g/mol. The second-order valence-corrected chi connectivity index (χ2v) is 6.58. The van der Waals surface area contributed by atoms with Gasteiger partial charge in [-0.1, -0.05) is 31.4 Å². The Labute approximate surface area is 103 Å². The van der Waals surface area contributed by atoms with Crippen molar-refractivity contribution in [1.82, 2.24) is 0 Å². The summed E-state index contributed by atoms with van der Waals surface area (Å²) in [5.41, 5.74) is 1.98. The number of nitrogens with one attached hydrogen (secondary N) is 1. The van der Waals surface area contributed by atoms with E-state index in [1.165, 1.54) is 43.9 Å². The van der Waals surface area contributed by atoms with Crippen LogP contribution in [0.25, 0.3) is 0 Å². The Hall–Kier alpha value is -1.03. The van der Waals surface area contributed by atoms with Crippen LogP contribution in [0.4, 0.5) is 5.69 Å².